The summed E-state index contributed by atoms with van der Waals surface area (Å²) in [5.41, 5.74) is 2.41. The fraction of sp³-hybridized carbons (Fsp3) is 0.412. The topological polar surface area (TPSA) is 56.1 Å². The first-order chi connectivity index (χ1) is 10.5. The molecule has 0 saturated carbocycles. The third-order valence-electron chi connectivity index (χ3n) is 3.78. The number of benzene rings is 1. The summed E-state index contributed by atoms with van der Waals surface area (Å²) in [5.74, 6) is 0.798. The van der Waals surface area contributed by atoms with Gasteiger partial charge in [-0.25, -0.2) is 4.68 Å². The van der Waals surface area contributed by atoms with Gasteiger partial charge in [0.05, 0.1) is 12.8 Å². The van der Waals surface area contributed by atoms with Crippen LogP contribution in [0, 0.1) is 0 Å². The zero-order valence-corrected chi connectivity index (χ0v) is 13.6. The average Bonchev–Trinajstić information content (AvgIpc) is 2.55. The van der Waals surface area contributed by atoms with Crippen LogP contribution in [0.4, 0.5) is 0 Å². The van der Waals surface area contributed by atoms with Crippen molar-refractivity contribution in [1.82, 2.24) is 15.1 Å². The number of nitrogens with one attached hydrogen (secondary N) is 1. The van der Waals surface area contributed by atoms with Gasteiger partial charge in [0.2, 0.25) is 0 Å². The van der Waals surface area contributed by atoms with Crippen LogP contribution in [0.1, 0.15) is 25.8 Å². The number of hydrogen-bond acceptors (Lipinski definition) is 4. The normalized spacial score (nSPS) is 12.2. The Kier molecular flexibility index (Phi) is 5.33. The first kappa shape index (κ1) is 16.2. The highest BCUT2D eigenvalue weighted by atomic mass is 16.5. The molecule has 0 aliphatic heterocycles. The number of hydrogen-bond donors (Lipinski definition) is 1. The van der Waals surface area contributed by atoms with Crippen molar-refractivity contribution < 1.29 is 4.74 Å². The van der Waals surface area contributed by atoms with E-state index in [2.05, 4.69) is 24.3 Å². The second-order valence-corrected chi connectivity index (χ2v) is 5.40. The molecule has 2 rings (SSSR count). The highest BCUT2D eigenvalue weighted by Gasteiger charge is 2.09. The molecule has 0 radical (unpaired) electrons. The van der Waals surface area contributed by atoms with Crippen molar-refractivity contribution in [3.63, 3.8) is 0 Å². The van der Waals surface area contributed by atoms with Crippen LogP contribution in [0.3, 0.4) is 0 Å². The van der Waals surface area contributed by atoms with E-state index in [1.807, 2.05) is 30.3 Å². The van der Waals surface area contributed by atoms with E-state index < -0.39 is 0 Å². The molecule has 1 atom stereocenters. The summed E-state index contributed by atoms with van der Waals surface area (Å²) in [4.78, 5) is 12.2. The lowest BCUT2D eigenvalue weighted by atomic mass is 10.1. The molecule has 1 heterocycles. The monoisotopic (exact) mass is 301 g/mol. The fourth-order valence-electron chi connectivity index (χ4n) is 2.13. The predicted molar refractivity (Wildman–Crippen MR) is 88.1 cm³/mol. The SMILES string of the molecule is CCC(C)NCc1cc(-c2ccc(OC)cc2)nn(C)c1=O. The van der Waals surface area contributed by atoms with Crippen molar-refractivity contribution in [2.75, 3.05) is 7.11 Å². The van der Waals surface area contributed by atoms with Gasteiger partial charge in [0.1, 0.15) is 5.75 Å². The Balaban J connectivity index is 2.32. The highest BCUT2D eigenvalue weighted by Crippen LogP contribution is 2.20. The van der Waals surface area contributed by atoms with Gasteiger partial charge in [-0.3, -0.25) is 4.79 Å². The average molecular weight is 301 g/mol. The van der Waals surface area contributed by atoms with Crippen LogP contribution < -0.4 is 15.6 Å². The molecule has 0 aliphatic carbocycles. The lowest BCUT2D eigenvalue weighted by molar-refractivity contribution is 0.415. The molecule has 22 heavy (non-hydrogen) atoms. The van der Waals surface area contributed by atoms with Gasteiger partial charge in [-0.1, -0.05) is 6.92 Å². The van der Waals surface area contributed by atoms with Crippen LogP contribution in [0.2, 0.25) is 0 Å². The summed E-state index contributed by atoms with van der Waals surface area (Å²) in [6.45, 7) is 4.77. The molecule has 1 aromatic carbocycles. The Morgan fingerprint density at radius 2 is 2.00 bits per heavy atom. The van der Waals surface area contributed by atoms with Crippen molar-refractivity contribution in [2.24, 2.45) is 7.05 Å². The van der Waals surface area contributed by atoms with Crippen LogP contribution in [0.5, 0.6) is 5.75 Å². The van der Waals surface area contributed by atoms with Gasteiger partial charge in [0.25, 0.3) is 5.56 Å². The van der Waals surface area contributed by atoms with E-state index in [-0.39, 0.29) is 5.56 Å². The van der Waals surface area contributed by atoms with E-state index in [0.717, 1.165) is 29.0 Å². The number of ether oxygens (including phenoxy) is 1. The van der Waals surface area contributed by atoms with E-state index in [1.54, 1.807) is 14.2 Å². The van der Waals surface area contributed by atoms with Crippen molar-refractivity contribution in [2.45, 2.75) is 32.9 Å². The first-order valence-corrected chi connectivity index (χ1v) is 7.50. The van der Waals surface area contributed by atoms with Gasteiger partial charge in [-0.2, -0.15) is 5.10 Å². The molecule has 1 unspecified atom stereocenters. The molecular formula is C17H23N3O2. The summed E-state index contributed by atoms with van der Waals surface area (Å²) in [7, 11) is 3.32. The minimum Gasteiger partial charge on any atom is -0.497 e. The maximum absolute atomic E-state index is 12.2. The van der Waals surface area contributed by atoms with Gasteiger partial charge in [0.15, 0.2) is 0 Å². The van der Waals surface area contributed by atoms with Gasteiger partial charge in [0, 0.05) is 30.8 Å². The molecule has 2 aromatic rings. The molecule has 1 N–H and O–H groups in total. The van der Waals surface area contributed by atoms with Crippen molar-refractivity contribution in [3.8, 4) is 17.0 Å². The Bertz CT molecular complexity index is 677. The Morgan fingerprint density at radius 3 is 2.59 bits per heavy atom. The lowest BCUT2D eigenvalue weighted by Crippen LogP contribution is -2.31. The Hall–Kier alpha value is -2.14. The Labute approximate surface area is 130 Å². The molecule has 0 amide bonds. The molecular weight excluding hydrogens is 278 g/mol. The maximum atomic E-state index is 12.2. The quantitative estimate of drug-likeness (QED) is 0.890. The third-order valence-corrected chi connectivity index (χ3v) is 3.78. The van der Waals surface area contributed by atoms with E-state index in [0.29, 0.717) is 12.6 Å². The summed E-state index contributed by atoms with van der Waals surface area (Å²) >= 11 is 0. The van der Waals surface area contributed by atoms with Crippen LogP contribution in [-0.2, 0) is 13.6 Å². The molecule has 0 spiro atoms. The molecule has 0 fully saturated rings. The standard InChI is InChI=1S/C17H23N3O2/c1-5-12(2)18-11-14-10-16(19-20(3)17(14)21)13-6-8-15(22-4)9-7-13/h6-10,12,18H,5,11H2,1-4H3. The summed E-state index contributed by atoms with van der Waals surface area (Å²) in [6, 6.07) is 9.90. The second kappa shape index (κ2) is 7.22. The Morgan fingerprint density at radius 1 is 1.32 bits per heavy atom. The molecule has 5 nitrogen and oxygen atoms in total. The molecule has 1 aromatic heterocycles. The van der Waals surface area contributed by atoms with Crippen LogP contribution in [-0.4, -0.2) is 22.9 Å². The highest BCUT2D eigenvalue weighted by molar-refractivity contribution is 5.60. The maximum Gasteiger partial charge on any atom is 0.271 e. The molecule has 0 saturated heterocycles. The predicted octanol–water partition coefficient (Wildman–Crippen LogP) is 2.34. The molecule has 5 heteroatoms. The number of aryl methyl sites for hydroxylation is 1. The van der Waals surface area contributed by atoms with Crippen molar-refractivity contribution in [3.05, 3.63) is 46.2 Å². The van der Waals surface area contributed by atoms with Crippen LogP contribution in [0.15, 0.2) is 35.1 Å². The summed E-state index contributed by atoms with van der Waals surface area (Å²) < 4.78 is 6.56. The van der Waals surface area contributed by atoms with E-state index >= 15 is 0 Å². The zero-order valence-electron chi connectivity index (χ0n) is 13.6. The molecule has 0 bridgehead atoms. The zero-order chi connectivity index (χ0) is 16.1. The summed E-state index contributed by atoms with van der Waals surface area (Å²) in [5, 5.41) is 7.69. The third kappa shape index (κ3) is 3.74. The van der Waals surface area contributed by atoms with Gasteiger partial charge in [-0.05, 0) is 43.7 Å². The number of aromatic nitrogens is 2. The second-order valence-electron chi connectivity index (χ2n) is 5.40. The largest absolute Gasteiger partial charge is 0.497 e. The lowest BCUT2D eigenvalue weighted by Gasteiger charge is -2.12. The van der Waals surface area contributed by atoms with Gasteiger partial charge < -0.3 is 10.1 Å². The van der Waals surface area contributed by atoms with Crippen molar-refractivity contribution >= 4 is 0 Å². The minimum absolute atomic E-state index is 0.0620. The molecule has 0 aliphatic rings. The smallest absolute Gasteiger partial charge is 0.271 e. The van der Waals surface area contributed by atoms with Crippen LogP contribution >= 0.6 is 0 Å². The number of rotatable bonds is 6. The minimum atomic E-state index is -0.0620. The number of nitrogens with zero attached hydrogens (tertiary/aromatic N) is 2. The van der Waals surface area contributed by atoms with E-state index in [4.69, 9.17) is 4.74 Å². The first-order valence-electron chi connectivity index (χ1n) is 7.50. The van der Waals surface area contributed by atoms with Crippen LogP contribution in [0.25, 0.3) is 11.3 Å². The van der Waals surface area contributed by atoms with Gasteiger partial charge in [-0.15, -0.1) is 0 Å². The number of methoxy groups -OCH3 is 1. The van der Waals surface area contributed by atoms with E-state index in [9.17, 15) is 4.79 Å². The summed E-state index contributed by atoms with van der Waals surface area (Å²) in [6.07, 6.45) is 1.02. The van der Waals surface area contributed by atoms with E-state index in [1.165, 1.54) is 4.68 Å². The van der Waals surface area contributed by atoms with Gasteiger partial charge >= 0.3 is 0 Å². The fourth-order valence-corrected chi connectivity index (χ4v) is 2.13. The van der Waals surface area contributed by atoms with Crippen molar-refractivity contribution in [1.29, 1.82) is 0 Å². The molecule has 118 valence electrons.